The van der Waals surface area contributed by atoms with Gasteiger partial charge in [-0.15, -0.1) is 0 Å². The van der Waals surface area contributed by atoms with E-state index in [1.807, 2.05) is 5.32 Å². The molecule has 1 fully saturated rings. The predicted molar refractivity (Wildman–Crippen MR) is 75.4 cm³/mol. The summed E-state index contributed by atoms with van der Waals surface area (Å²) >= 11 is 5.75. The SMILES string of the molecule is O=C(NC1(C(F)(F)F)Oc2ccc(Cl)cc2O1)N1CCCCC1. The molecule has 0 spiro atoms. The van der Waals surface area contributed by atoms with Gasteiger partial charge in [-0.25, -0.2) is 4.79 Å². The summed E-state index contributed by atoms with van der Waals surface area (Å²) in [5, 5.41) is 2.04. The van der Waals surface area contributed by atoms with E-state index in [1.165, 1.54) is 23.1 Å². The number of fused-ring (bicyclic) bond motifs is 1. The number of hydrogen-bond acceptors (Lipinski definition) is 3. The minimum Gasteiger partial charge on any atom is -0.424 e. The van der Waals surface area contributed by atoms with E-state index < -0.39 is 18.1 Å². The molecule has 0 aromatic heterocycles. The molecule has 1 atom stereocenters. The number of piperidine rings is 1. The van der Waals surface area contributed by atoms with E-state index in [2.05, 4.69) is 0 Å². The number of rotatable bonds is 1. The first kappa shape index (κ1) is 16.0. The maximum Gasteiger partial charge on any atom is 0.492 e. The van der Waals surface area contributed by atoms with Crippen LogP contribution in [0.2, 0.25) is 5.02 Å². The molecule has 1 aromatic rings. The lowest BCUT2D eigenvalue weighted by atomic mass is 10.1. The average Bonchev–Trinajstić information content (AvgIpc) is 2.86. The minimum atomic E-state index is -4.97. The highest BCUT2D eigenvalue weighted by molar-refractivity contribution is 6.30. The van der Waals surface area contributed by atoms with Crippen molar-refractivity contribution in [3.63, 3.8) is 0 Å². The molecule has 0 bridgehead atoms. The van der Waals surface area contributed by atoms with Crippen molar-refractivity contribution in [2.45, 2.75) is 31.3 Å². The second kappa shape index (κ2) is 5.67. The molecule has 1 unspecified atom stereocenters. The van der Waals surface area contributed by atoms with Gasteiger partial charge in [-0.05, 0) is 31.4 Å². The van der Waals surface area contributed by atoms with E-state index in [0.717, 1.165) is 19.3 Å². The van der Waals surface area contributed by atoms with Crippen molar-refractivity contribution in [1.82, 2.24) is 10.2 Å². The molecule has 2 heterocycles. The van der Waals surface area contributed by atoms with E-state index in [-0.39, 0.29) is 16.5 Å². The third-order valence-electron chi connectivity index (χ3n) is 3.70. The van der Waals surface area contributed by atoms with Crippen LogP contribution in [-0.2, 0) is 0 Å². The first-order chi connectivity index (χ1) is 10.8. The maximum atomic E-state index is 13.5. The molecule has 2 aliphatic heterocycles. The number of nitrogens with one attached hydrogen (secondary N) is 1. The molecule has 1 saturated heterocycles. The Morgan fingerprint density at radius 1 is 1.17 bits per heavy atom. The zero-order chi connectivity index (χ0) is 16.7. The number of urea groups is 1. The van der Waals surface area contributed by atoms with E-state index in [4.69, 9.17) is 21.1 Å². The molecule has 0 aliphatic carbocycles. The van der Waals surface area contributed by atoms with Crippen LogP contribution in [0.25, 0.3) is 0 Å². The quantitative estimate of drug-likeness (QED) is 0.843. The Balaban J connectivity index is 1.84. The lowest BCUT2D eigenvalue weighted by molar-refractivity contribution is -0.318. The van der Waals surface area contributed by atoms with Crippen LogP contribution in [0.1, 0.15) is 19.3 Å². The number of ether oxygens (including phenoxy) is 2. The molecule has 126 valence electrons. The summed E-state index contributed by atoms with van der Waals surface area (Å²) in [4.78, 5) is 13.5. The second-order valence-electron chi connectivity index (χ2n) is 5.39. The number of amides is 2. The largest absolute Gasteiger partial charge is 0.492 e. The van der Waals surface area contributed by atoms with Crippen LogP contribution in [-0.4, -0.2) is 36.1 Å². The maximum absolute atomic E-state index is 13.5. The second-order valence-corrected chi connectivity index (χ2v) is 5.82. The zero-order valence-electron chi connectivity index (χ0n) is 12.0. The van der Waals surface area contributed by atoms with Crippen molar-refractivity contribution < 1.29 is 27.4 Å². The van der Waals surface area contributed by atoms with E-state index in [9.17, 15) is 18.0 Å². The Kier molecular flexibility index (Phi) is 3.95. The number of likely N-dealkylation sites (tertiary alicyclic amines) is 1. The van der Waals surface area contributed by atoms with Gasteiger partial charge in [0, 0.05) is 24.2 Å². The van der Waals surface area contributed by atoms with Gasteiger partial charge in [0.2, 0.25) is 0 Å². The first-order valence-electron chi connectivity index (χ1n) is 7.12. The molecule has 3 rings (SSSR count). The summed E-state index contributed by atoms with van der Waals surface area (Å²) in [6.07, 6.45) is -2.51. The summed E-state index contributed by atoms with van der Waals surface area (Å²) in [7, 11) is 0. The fraction of sp³-hybridized carbons (Fsp3) is 0.500. The zero-order valence-corrected chi connectivity index (χ0v) is 12.7. The van der Waals surface area contributed by atoms with Gasteiger partial charge in [-0.2, -0.15) is 13.2 Å². The molecule has 2 aliphatic rings. The lowest BCUT2D eigenvalue weighted by Crippen LogP contribution is -2.66. The molecule has 5 nitrogen and oxygen atoms in total. The van der Waals surface area contributed by atoms with Crippen molar-refractivity contribution in [3.8, 4) is 11.5 Å². The van der Waals surface area contributed by atoms with E-state index >= 15 is 0 Å². The summed E-state index contributed by atoms with van der Waals surface area (Å²) in [5.74, 6) is -3.55. The Labute approximate surface area is 135 Å². The molecule has 2 amide bonds. The van der Waals surface area contributed by atoms with Crippen LogP contribution in [0.15, 0.2) is 18.2 Å². The van der Waals surface area contributed by atoms with Crippen molar-refractivity contribution in [3.05, 3.63) is 23.2 Å². The Hall–Kier alpha value is -1.83. The van der Waals surface area contributed by atoms with Gasteiger partial charge in [0.05, 0.1) is 0 Å². The van der Waals surface area contributed by atoms with Crippen molar-refractivity contribution in [1.29, 1.82) is 0 Å². The number of carbonyl (C=O) groups excluding carboxylic acids is 1. The van der Waals surface area contributed by atoms with Crippen LogP contribution in [0.3, 0.4) is 0 Å². The molecule has 0 radical (unpaired) electrons. The number of alkyl halides is 3. The fourth-order valence-corrected chi connectivity index (χ4v) is 2.69. The topological polar surface area (TPSA) is 50.8 Å². The molecule has 23 heavy (non-hydrogen) atoms. The Morgan fingerprint density at radius 2 is 1.83 bits per heavy atom. The van der Waals surface area contributed by atoms with Gasteiger partial charge in [0.1, 0.15) is 0 Å². The van der Waals surface area contributed by atoms with Gasteiger partial charge < -0.3 is 14.4 Å². The minimum absolute atomic E-state index is 0.134. The number of halogens is 4. The lowest BCUT2D eigenvalue weighted by Gasteiger charge is -2.33. The molecular weight excluding hydrogens is 337 g/mol. The van der Waals surface area contributed by atoms with Crippen molar-refractivity contribution >= 4 is 17.6 Å². The van der Waals surface area contributed by atoms with Crippen LogP contribution in [0.5, 0.6) is 11.5 Å². The van der Waals surface area contributed by atoms with Gasteiger partial charge in [0.25, 0.3) is 0 Å². The third kappa shape index (κ3) is 2.99. The molecule has 9 heteroatoms. The monoisotopic (exact) mass is 350 g/mol. The Bertz CT molecular complexity index is 620. The Morgan fingerprint density at radius 3 is 2.48 bits per heavy atom. The van der Waals surface area contributed by atoms with Gasteiger partial charge >= 0.3 is 18.1 Å². The third-order valence-corrected chi connectivity index (χ3v) is 3.94. The average molecular weight is 351 g/mol. The number of benzene rings is 1. The van der Waals surface area contributed by atoms with Gasteiger partial charge in [-0.1, -0.05) is 11.6 Å². The molecule has 1 N–H and O–H groups in total. The number of hydrogen-bond donors (Lipinski definition) is 1. The van der Waals surface area contributed by atoms with Crippen LogP contribution < -0.4 is 14.8 Å². The highest BCUT2D eigenvalue weighted by Crippen LogP contribution is 2.46. The van der Waals surface area contributed by atoms with Crippen molar-refractivity contribution in [2.24, 2.45) is 0 Å². The number of nitrogens with zero attached hydrogens (tertiary/aromatic N) is 1. The molecule has 1 aromatic carbocycles. The first-order valence-corrected chi connectivity index (χ1v) is 7.50. The summed E-state index contributed by atoms with van der Waals surface area (Å²) in [6.45, 7) is 0.803. The normalized spacial score (nSPS) is 23.7. The molecule has 0 saturated carbocycles. The summed E-state index contributed by atoms with van der Waals surface area (Å²) in [5.41, 5.74) is 0. The van der Waals surface area contributed by atoms with Crippen LogP contribution in [0, 0.1) is 0 Å². The highest BCUT2D eigenvalue weighted by Gasteiger charge is 2.66. The summed E-state index contributed by atoms with van der Waals surface area (Å²) < 4.78 is 50.3. The fourth-order valence-electron chi connectivity index (χ4n) is 2.53. The number of carbonyl (C=O) groups is 1. The highest BCUT2D eigenvalue weighted by atomic mass is 35.5. The van der Waals surface area contributed by atoms with Crippen LogP contribution >= 0.6 is 11.6 Å². The summed E-state index contributed by atoms with van der Waals surface area (Å²) in [6, 6.07) is 2.97. The predicted octanol–water partition coefficient (Wildman–Crippen LogP) is 3.52. The van der Waals surface area contributed by atoms with E-state index in [0.29, 0.717) is 13.1 Å². The van der Waals surface area contributed by atoms with Crippen molar-refractivity contribution in [2.75, 3.05) is 13.1 Å². The van der Waals surface area contributed by atoms with Crippen LogP contribution in [0.4, 0.5) is 18.0 Å². The molecular formula is C14H14ClF3N2O3. The van der Waals surface area contributed by atoms with Gasteiger partial charge in [-0.3, -0.25) is 5.32 Å². The smallest absolute Gasteiger partial charge is 0.424 e. The van der Waals surface area contributed by atoms with Gasteiger partial charge in [0.15, 0.2) is 11.5 Å². The van der Waals surface area contributed by atoms with E-state index in [1.54, 1.807) is 0 Å². The standard InChI is InChI=1S/C14H14ClF3N2O3/c15-9-4-5-10-11(8-9)23-14(22-10,13(16,17)18)19-12(21)20-6-2-1-3-7-20/h4-5,8H,1-3,6-7H2,(H,19,21).